The number of ether oxygens (including phenoxy) is 1. The Morgan fingerprint density at radius 1 is 0.889 bits per heavy atom. The highest BCUT2D eigenvalue weighted by Gasteiger charge is 2.12. The fraction of sp³-hybridized carbons (Fsp3) is 0.0435. The molecule has 0 radical (unpaired) electrons. The van der Waals surface area contributed by atoms with E-state index in [0.717, 1.165) is 50.2 Å². The van der Waals surface area contributed by atoms with E-state index in [1.54, 1.807) is 13.3 Å². The Labute approximate surface area is 156 Å². The highest BCUT2D eigenvalue weighted by molar-refractivity contribution is 5.97. The zero-order valence-corrected chi connectivity index (χ0v) is 14.8. The highest BCUT2D eigenvalue weighted by Crippen LogP contribution is 2.34. The number of pyridine rings is 2. The third-order valence-electron chi connectivity index (χ3n) is 4.77. The van der Waals surface area contributed by atoms with Crippen LogP contribution in [0.1, 0.15) is 0 Å². The zero-order valence-electron chi connectivity index (χ0n) is 14.8. The van der Waals surface area contributed by atoms with Gasteiger partial charge >= 0.3 is 0 Å². The van der Waals surface area contributed by atoms with Gasteiger partial charge in [0.15, 0.2) is 0 Å². The number of benzene rings is 2. The van der Waals surface area contributed by atoms with Crippen molar-refractivity contribution in [1.29, 1.82) is 0 Å². The first-order chi connectivity index (χ1) is 13.3. The van der Waals surface area contributed by atoms with Crippen LogP contribution in [0, 0.1) is 0 Å². The Morgan fingerprint density at radius 3 is 2.59 bits per heavy atom. The lowest BCUT2D eigenvalue weighted by molar-refractivity contribution is 0.415. The van der Waals surface area contributed by atoms with Crippen molar-refractivity contribution in [2.24, 2.45) is 0 Å². The van der Waals surface area contributed by atoms with E-state index in [1.165, 1.54) is 0 Å². The number of fused-ring (bicyclic) bond motifs is 2. The average molecular weight is 351 g/mol. The largest absolute Gasteiger partial charge is 0.497 e. The van der Waals surface area contributed by atoms with Crippen LogP contribution in [0.3, 0.4) is 0 Å². The van der Waals surface area contributed by atoms with Crippen LogP contribution >= 0.6 is 0 Å². The molecule has 5 rings (SSSR count). The van der Waals surface area contributed by atoms with Crippen LogP contribution in [0.15, 0.2) is 79.0 Å². The SMILES string of the molecule is COc1ccc2nc(-c3cc4cccnc4[nH]3)cc(-c3ccccc3)c2c1. The van der Waals surface area contributed by atoms with Gasteiger partial charge < -0.3 is 9.72 Å². The smallest absolute Gasteiger partial charge is 0.137 e. The molecule has 130 valence electrons. The standard InChI is InChI=1S/C23H17N3O/c1-27-17-9-10-20-19(13-17)18(15-6-3-2-4-7-15)14-22(25-20)21-12-16-8-5-11-24-23(16)26-21/h2-14H,1H3,(H,24,26). The number of aromatic nitrogens is 3. The van der Waals surface area contributed by atoms with E-state index < -0.39 is 0 Å². The van der Waals surface area contributed by atoms with Gasteiger partial charge in [-0.3, -0.25) is 0 Å². The van der Waals surface area contributed by atoms with Crippen molar-refractivity contribution in [3.05, 3.63) is 79.0 Å². The number of methoxy groups -OCH3 is 1. The van der Waals surface area contributed by atoms with E-state index in [9.17, 15) is 0 Å². The molecule has 0 saturated carbocycles. The van der Waals surface area contributed by atoms with Gasteiger partial charge in [-0.15, -0.1) is 0 Å². The second-order valence-electron chi connectivity index (χ2n) is 6.43. The minimum Gasteiger partial charge on any atom is -0.497 e. The maximum Gasteiger partial charge on any atom is 0.137 e. The normalized spacial score (nSPS) is 11.1. The summed E-state index contributed by atoms with van der Waals surface area (Å²) < 4.78 is 5.43. The molecule has 0 aliphatic carbocycles. The van der Waals surface area contributed by atoms with E-state index in [2.05, 4.69) is 34.2 Å². The Balaban J connectivity index is 1.79. The van der Waals surface area contributed by atoms with Gasteiger partial charge in [-0.2, -0.15) is 0 Å². The van der Waals surface area contributed by atoms with E-state index in [4.69, 9.17) is 9.72 Å². The maximum atomic E-state index is 5.43. The molecule has 0 atom stereocenters. The van der Waals surface area contributed by atoms with Gasteiger partial charge in [0.05, 0.1) is 24.0 Å². The maximum absolute atomic E-state index is 5.43. The van der Waals surface area contributed by atoms with Crippen LogP contribution in [-0.2, 0) is 0 Å². The average Bonchev–Trinajstić information content (AvgIpc) is 3.17. The summed E-state index contributed by atoms with van der Waals surface area (Å²) in [4.78, 5) is 12.7. The first kappa shape index (κ1) is 15.6. The number of rotatable bonds is 3. The van der Waals surface area contributed by atoms with Crippen molar-refractivity contribution in [3.8, 4) is 28.3 Å². The van der Waals surface area contributed by atoms with Gasteiger partial charge in [0, 0.05) is 17.0 Å². The zero-order chi connectivity index (χ0) is 18.2. The van der Waals surface area contributed by atoms with Crippen molar-refractivity contribution in [2.45, 2.75) is 0 Å². The van der Waals surface area contributed by atoms with Crippen LogP contribution in [0.2, 0.25) is 0 Å². The molecule has 0 bridgehead atoms. The Bertz CT molecular complexity index is 1230. The summed E-state index contributed by atoms with van der Waals surface area (Å²) in [6.07, 6.45) is 1.79. The molecule has 4 nitrogen and oxygen atoms in total. The second-order valence-corrected chi connectivity index (χ2v) is 6.43. The van der Waals surface area contributed by atoms with E-state index in [-0.39, 0.29) is 0 Å². The minimum absolute atomic E-state index is 0.823. The lowest BCUT2D eigenvalue weighted by Crippen LogP contribution is -1.91. The number of H-pyrrole nitrogens is 1. The summed E-state index contributed by atoms with van der Waals surface area (Å²) in [6, 6.07) is 24.6. The Kier molecular flexibility index (Phi) is 3.61. The summed E-state index contributed by atoms with van der Waals surface area (Å²) >= 11 is 0. The van der Waals surface area contributed by atoms with E-state index in [1.807, 2.05) is 48.5 Å². The molecular formula is C23H17N3O. The van der Waals surface area contributed by atoms with Crippen LogP contribution < -0.4 is 4.74 Å². The molecule has 0 aliphatic heterocycles. The van der Waals surface area contributed by atoms with Crippen molar-refractivity contribution in [2.75, 3.05) is 7.11 Å². The number of hydrogen-bond acceptors (Lipinski definition) is 3. The quantitative estimate of drug-likeness (QED) is 0.470. The first-order valence-corrected chi connectivity index (χ1v) is 8.80. The number of hydrogen-bond donors (Lipinski definition) is 1. The molecule has 3 aromatic heterocycles. The molecule has 3 heterocycles. The predicted octanol–water partition coefficient (Wildman–Crippen LogP) is 5.45. The first-order valence-electron chi connectivity index (χ1n) is 8.80. The predicted molar refractivity (Wildman–Crippen MR) is 109 cm³/mol. The molecule has 0 amide bonds. The Hall–Kier alpha value is -3.66. The number of nitrogens with zero attached hydrogens (tertiary/aromatic N) is 2. The molecule has 0 saturated heterocycles. The lowest BCUT2D eigenvalue weighted by Gasteiger charge is -2.11. The fourth-order valence-corrected chi connectivity index (χ4v) is 3.42. The fourth-order valence-electron chi connectivity index (χ4n) is 3.42. The summed E-state index contributed by atoms with van der Waals surface area (Å²) in [6.45, 7) is 0. The lowest BCUT2D eigenvalue weighted by atomic mass is 9.99. The third-order valence-corrected chi connectivity index (χ3v) is 4.77. The summed E-state index contributed by atoms with van der Waals surface area (Å²) in [5.74, 6) is 0.823. The molecule has 5 aromatic rings. The van der Waals surface area contributed by atoms with Gasteiger partial charge in [0.2, 0.25) is 0 Å². The van der Waals surface area contributed by atoms with Gasteiger partial charge in [-0.25, -0.2) is 9.97 Å². The van der Waals surface area contributed by atoms with Crippen molar-refractivity contribution >= 4 is 21.9 Å². The summed E-state index contributed by atoms with van der Waals surface area (Å²) in [5.41, 5.74) is 5.92. The number of aromatic amines is 1. The third kappa shape index (κ3) is 2.72. The molecular weight excluding hydrogens is 334 g/mol. The molecule has 0 aliphatic rings. The summed E-state index contributed by atoms with van der Waals surface area (Å²) in [7, 11) is 1.68. The van der Waals surface area contributed by atoms with Crippen molar-refractivity contribution < 1.29 is 4.74 Å². The molecule has 0 fully saturated rings. The van der Waals surface area contributed by atoms with Crippen molar-refractivity contribution in [1.82, 2.24) is 15.0 Å². The molecule has 2 aromatic carbocycles. The molecule has 4 heteroatoms. The number of nitrogens with one attached hydrogen (secondary N) is 1. The topological polar surface area (TPSA) is 50.8 Å². The van der Waals surface area contributed by atoms with Gasteiger partial charge in [0.1, 0.15) is 11.4 Å². The molecule has 0 unspecified atom stereocenters. The molecule has 0 spiro atoms. The van der Waals surface area contributed by atoms with E-state index >= 15 is 0 Å². The second kappa shape index (κ2) is 6.25. The highest BCUT2D eigenvalue weighted by atomic mass is 16.5. The van der Waals surface area contributed by atoms with Gasteiger partial charge in [-0.05, 0) is 53.6 Å². The molecule has 1 N–H and O–H groups in total. The Morgan fingerprint density at radius 2 is 1.78 bits per heavy atom. The van der Waals surface area contributed by atoms with Gasteiger partial charge in [-0.1, -0.05) is 30.3 Å². The molecule has 27 heavy (non-hydrogen) atoms. The van der Waals surface area contributed by atoms with Crippen molar-refractivity contribution in [3.63, 3.8) is 0 Å². The van der Waals surface area contributed by atoms with Crippen LogP contribution in [0.4, 0.5) is 0 Å². The van der Waals surface area contributed by atoms with Crippen LogP contribution in [0.5, 0.6) is 5.75 Å². The van der Waals surface area contributed by atoms with E-state index in [0.29, 0.717) is 0 Å². The monoisotopic (exact) mass is 351 g/mol. The van der Waals surface area contributed by atoms with Gasteiger partial charge in [0.25, 0.3) is 0 Å². The van der Waals surface area contributed by atoms with Crippen LogP contribution in [-0.4, -0.2) is 22.1 Å². The summed E-state index contributed by atoms with van der Waals surface area (Å²) in [5, 5.41) is 2.14. The minimum atomic E-state index is 0.823. The van der Waals surface area contributed by atoms with Crippen LogP contribution in [0.25, 0.3) is 44.5 Å².